The summed E-state index contributed by atoms with van der Waals surface area (Å²) in [6.07, 6.45) is -11.3. The summed E-state index contributed by atoms with van der Waals surface area (Å²) in [5.41, 5.74) is -13.6. The molecule has 0 saturated heterocycles. The van der Waals surface area contributed by atoms with Crippen molar-refractivity contribution in [1.29, 1.82) is 0 Å². The Labute approximate surface area is 214 Å². The maximum atomic E-state index is 13.9. The Morgan fingerprint density at radius 1 is 0.575 bits per heavy atom. The minimum Gasteiger partial charge on any atom is -0.258 e. The molecule has 40 heavy (non-hydrogen) atoms. The molecule has 19 heteroatoms. The number of alkyl halides is 6. The van der Waals surface area contributed by atoms with Crippen LogP contribution in [0.1, 0.15) is 22.3 Å². The predicted molar refractivity (Wildman–Crippen MR) is 120 cm³/mol. The Morgan fingerprint density at radius 2 is 1.05 bits per heavy atom. The summed E-state index contributed by atoms with van der Waals surface area (Å²) in [7, 11) is 0. The lowest BCUT2D eigenvalue weighted by Crippen LogP contribution is -2.14. The molecular weight excluding hydrogens is 564 g/mol. The highest BCUT2D eigenvalue weighted by Gasteiger charge is 2.44. The van der Waals surface area contributed by atoms with Gasteiger partial charge in [0.15, 0.2) is 0 Å². The summed E-state index contributed by atoms with van der Waals surface area (Å²) in [6, 6.07) is 3.07. The van der Waals surface area contributed by atoms with Gasteiger partial charge in [0.2, 0.25) is 0 Å². The number of benzene rings is 3. The first-order valence-electron chi connectivity index (χ1n) is 10.2. The maximum absolute atomic E-state index is 13.9. The summed E-state index contributed by atoms with van der Waals surface area (Å²) < 4.78 is 83.5. The molecule has 1 aliphatic rings. The second-order valence-corrected chi connectivity index (χ2v) is 7.99. The predicted octanol–water partition coefficient (Wildman–Crippen LogP) is 6.51. The lowest BCUT2D eigenvalue weighted by molar-refractivity contribution is -0.393. The van der Waals surface area contributed by atoms with Crippen molar-refractivity contribution in [1.82, 2.24) is 0 Å². The molecule has 1 aliphatic carbocycles. The molecule has 0 atom stereocenters. The molecule has 13 nitrogen and oxygen atoms in total. The second-order valence-electron chi connectivity index (χ2n) is 7.99. The molecule has 0 aromatic heterocycles. The van der Waals surface area contributed by atoms with Gasteiger partial charge in [0.25, 0.3) is 22.7 Å². The highest BCUT2D eigenvalue weighted by atomic mass is 19.4. The van der Waals surface area contributed by atoms with Gasteiger partial charge in [0, 0.05) is 41.5 Å². The normalized spacial score (nSPS) is 13.6. The van der Waals surface area contributed by atoms with Crippen LogP contribution in [0.4, 0.5) is 54.8 Å². The van der Waals surface area contributed by atoms with E-state index in [9.17, 15) is 66.8 Å². The molecule has 0 amide bonds. The second kappa shape index (κ2) is 9.06. The Morgan fingerprint density at radius 3 is 1.50 bits per heavy atom. The summed E-state index contributed by atoms with van der Waals surface area (Å²) in [5, 5.41) is 45.6. The van der Waals surface area contributed by atoms with Gasteiger partial charge in [-0.3, -0.25) is 40.5 Å². The van der Waals surface area contributed by atoms with Gasteiger partial charge in [-0.15, -0.1) is 0 Å². The molecule has 0 spiro atoms. The average molecular weight is 571 g/mol. The van der Waals surface area contributed by atoms with Gasteiger partial charge in [-0.05, 0) is 11.6 Å². The molecule has 206 valence electrons. The monoisotopic (exact) mass is 571 g/mol. The van der Waals surface area contributed by atoms with E-state index in [2.05, 4.69) is 4.99 Å². The number of hydrogen-bond donors (Lipinski definition) is 0. The van der Waals surface area contributed by atoms with Crippen molar-refractivity contribution >= 4 is 34.1 Å². The molecule has 3 aromatic rings. The van der Waals surface area contributed by atoms with Crippen LogP contribution in [0.15, 0.2) is 47.5 Å². The minimum atomic E-state index is -5.66. The van der Waals surface area contributed by atoms with Crippen LogP contribution in [-0.2, 0) is 12.4 Å². The molecular formula is C21H7F6N5O8. The molecule has 0 N–H and O–H groups in total. The van der Waals surface area contributed by atoms with E-state index in [0.717, 1.165) is 12.1 Å². The number of hydrogen-bond acceptors (Lipinski definition) is 9. The summed E-state index contributed by atoms with van der Waals surface area (Å²) in [5.74, 6) is 0. The highest BCUT2D eigenvalue weighted by molar-refractivity contribution is 6.27. The number of nitro benzene ring substituents is 4. The van der Waals surface area contributed by atoms with E-state index in [1.165, 1.54) is 0 Å². The minimum absolute atomic E-state index is 0.214. The van der Waals surface area contributed by atoms with Crippen molar-refractivity contribution in [2.75, 3.05) is 0 Å². The van der Waals surface area contributed by atoms with E-state index >= 15 is 0 Å². The summed E-state index contributed by atoms with van der Waals surface area (Å²) in [6.45, 7) is 0. The number of non-ortho nitro benzene ring substituents is 3. The van der Waals surface area contributed by atoms with Crippen molar-refractivity contribution in [2.24, 2.45) is 4.99 Å². The summed E-state index contributed by atoms with van der Waals surface area (Å²) >= 11 is 0. The maximum Gasteiger partial charge on any atom is 0.418 e. The van der Waals surface area contributed by atoms with Crippen molar-refractivity contribution in [2.45, 2.75) is 12.4 Å². The highest BCUT2D eigenvalue weighted by Crippen LogP contribution is 2.50. The van der Waals surface area contributed by atoms with E-state index in [-0.39, 0.29) is 17.7 Å². The van der Waals surface area contributed by atoms with E-state index in [4.69, 9.17) is 0 Å². The van der Waals surface area contributed by atoms with Crippen molar-refractivity contribution in [3.63, 3.8) is 0 Å². The number of nitro groups is 4. The molecule has 0 heterocycles. The van der Waals surface area contributed by atoms with E-state index < -0.39 is 94.0 Å². The van der Waals surface area contributed by atoms with E-state index in [1.807, 2.05) is 0 Å². The van der Waals surface area contributed by atoms with Crippen molar-refractivity contribution < 1.29 is 46.0 Å². The fourth-order valence-corrected chi connectivity index (χ4v) is 4.05. The first-order chi connectivity index (χ1) is 18.4. The molecule has 0 unspecified atom stereocenters. The number of rotatable bonds is 5. The molecule has 0 aliphatic heterocycles. The van der Waals surface area contributed by atoms with Crippen LogP contribution in [0.3, 0.4) is 0 Å². The topological polar surface area (TPSA) is 185 Å². The Balaban J connectivity index is 2.23. The largest absolute Gasteiger partial charge is 0.418 e. The zero-order valence-corrected chi connectivity index (χ0v) is 18.8. The molecule has 3 aromatic carbocycles. The van der Waals surface area contributed by atoms with Crippen LogP contribution in [0.2, 0.25) is 0 Å². The third-order valence-corrected chi connectivity index (χ3v) is 5.64. The fourth-order valence-electron chi connectivity index (χ4n) is 4.05. The summed E-state index contributed by atoms with van der Waals surface area (Å²) in [4.78, 5) is 44.3. The molecule has 0 fully saturated rings. The third kappa shape index (κ3) is 4.63. The van der Waals surface area contributed by atoms with E-state index in [1.54, 1.807) is 0 Å². The number of nitrogens with zero attached hydrogens (tertiary/aromatic N) is 5. The van der Waals surface area contributed by atoms with Crippen LogP contribution in [-0.4, -0.2) is 25.4 Å². The van der Waals surface area contributed by atoms with Crippen molar-refractivity contribution in [3.8, 4) is 11.1 Å². The van der Waals surface area contributed by atoms with Crippen LogP contribution < -0.4 is 0 Å². The van der Waals surface area contributed by atoms with Gasteiger partial charge >= 0.3 is 12.4 Å². The Hall–Kier alpha value is -5.49. The zero-order valence-electron chi connectivity index (χ0n) is 18.8. The van der Waals surface area contributed by atoms with Crippen LogP contribution in [0, 0.1) is 40.5 Å². The fraction of sp³-hybridized carbons (Fsp3) is 0.0952. The average Bonchev–Trinajstić information content (AvgIpc) is 3.14. The van der Waals surface area contributed by atoms with Crippen molar-refractivity contribution in [3.05, 3.63) is 105 Å². The number of fused-ring (bicyclic) bond motifs is 3. The molecule has 0 bridgehead atoms. The van der Waals surface area contributed by atoms with Gasteiger partial charge in [0.05, 0.1) is 53.8 Å². The molecule has 0 saturated carbocycles. The lowest BCUT2D eigenvalue weighted by Gasteiger charge is -2.16. The zero-order chi connectivity index (χ0) is 29.9. The lowest BCUT2D eigenvalue weighted by atomic mass is 10.0. The number of aliphatic imine (C=N–C) groups is 1. The van der Waals surface area contributed by atoms with Crippen LogP contribution >= 0.6 is 0 Å². The first-order valence-corrected chi connectivity index (χ1v) is 10.2. The number of halogens is 6. The van der Waals surface area contributed by atoms with Crippen LogP contribution in [0.5, 0.6) is 0 Å². The first kappa shape index (κ1) is 27.5. The van der Waals surface area contributed by atoms with Crippen LogP contribution in [0.25, 0.3) is 11.1 Å². The third-order valence-electron chi connectivity index (χ3n) is 5.64. The molecule has 4 rings (SSSR count). The smallest absolute Gasteiger partial charge is 0.258 e. The van der Waals surface area contributed by atoms with Gasteiger partial charge < -0.3 is 0 Å². The SMILES string of the molecule is O=[N+]([O-])c1ccc2c(c1)C(=Nc1c(C(F)(F)F)cc([N+](=O)[O-])cc1C(F)(F)F)c1cc([N+](=O)[O-])cc([N+](=O)[O-])c1-2. The molecule has 0 radical (unpaired) electrons. The van der Waals surface area contributed by atoms with Gasteiger partial charge in [-0.2, -0.15) is 26.3 Å². The standard InChI is InChI=1S/C21H7F6N5O8/c22-20(23,24)14-5-10(31(37)38)6-15(21(25,26)27)19(14)28-18-12-3-8(29(33)34)1-2-11(12)17-13(18)4-9(30(35)36)7-16(17)32(39)40/h1-7H. The van der Waals surface area contributed by atoms with Gasteiger partial charge in [-0.1, -0.05) is 0 Å². The van der Waals surface area contributed by atoms with Gasteiger partial charge in [0.1, 0.15) is 0 Å². The van der Waals surface area contributed by atoms with E-state index in [0.29, 0.717) is 18.2 Å². The quantitative estimate of drug-likeness (QED) is 0.147. The van der Waals surface area contributed by atoms with Gasteiger partial charge in [-0.25, -0.2) is 4.99 Å². The Bertz CT molecular complexity index is 1660. The Kier molecular flexibility index (Phi) is 6.24.